The highest BCUT2D eigenvalue weighted by atomic mass is 35.5. The Morgan fingerprint density at radius 2 is 1.89 bits per heavy atom. The van der Waals surface area contributed by atoms with Crippen LogP contribution in [-0.2, 0) is 4.74 Å². The SMILES string of the molecule is COC1CCC(Nc2c(F)cc(F)cc2Cl)CC1. The first-order valence-electron chi connectivity index (χ1n) is 6.04. The summed E-state index contributed by atoms with van der Waals surface area (Å²) in [5.74, 6) is -1.31. The monoisotopic (exact) mass is 275 g/mol. The van der Waals surface area contributed by atoms with Crippen molar-refractivity contribution in [3.63, 3.8) is 0 Å². The zero-order valence-electron chi connectivity index (χ0n) is 10.2. The van der Waals surface area contributed by atoms with E-state index in [1.165, 1.54) is 0 Å². The Bertz CT molecular complexity index is 396. The smallest absolute Gasteiger partial charge is 0.150 e. The molecule has 0 spiro atoms. The summed E-state index contributed by atoms with van der Waals surface area (Å²) < 4.78 is 31.8. The molecule has 1 aliphatic rings. The molecule has 0 heterocycles. The van der Waals surface area contributed by atoms with Gasteiger partial charge in [-0.15, -0.1) is 0 Å². The van der Waals surface area contributed by atoms with E-state index in [-0.39, 0.29) is 22.9 Å². The third-order valence-electron chi connectivity index (χ3n) is 3.36. The summed E-state index contributed by atoms with van der Waals surface area (Å²) >= 11 is 5.84. The van der Waals surface area contributed by atoms with Gasteiger partial charge in [0.15, 0.2) is 5.82 Å². The van der Waals surface area contributed by atoms with Crippen LogP contribution in [0.2, 0.25) is 5.02 Å². The van der Waals surface area contributed by atoms with Gasteiger partial charge in [-0.05, 0) is 31.7 Å². The normalized spacial score (nSPS) is 24.0. The van der Waals surface area contributed by atoms with Crippen molar-refractivity contribution in [3.05, 3.63) is 28.8 Å². The van der Waals surface area contributed by atoms with Gasteiger partial charge in [0, 0.05) is 19.2 Å². The minimum Gasteiger partial charge on any atom is -0.381 e. The maximum atomic E-state index is 13.6. The first kappa shape index (κ1) is 13.6. The van der Waals surface area contributed by atoms with E-state index in [4.69, 9.17) is 16.3 Å². The fraction of sp³-hybridized carbons (Fsp3) is 0.538. The number of nitrogens with one attached hydrogen (secondary N) is 1. The van der Waals surface area contributed by atoms with Gasteiger partial charge >= 0.3 is 0 Å². The van der Waals surface area contributed by atoms with Gasteiger partial charge < -0.3 is 10.1 Å². The molecule has 0 radical (unpaired) electrons. The van der Waals surface area contributed by atoms with Gasteiger partial charge in [-0.2, -0.15) is 0 Å². The number of rotatable bonds is 3. The number of benzene rings is 1. The highest BCUT2D eigenvalue weighted by molar-refractivity contribution is 6.33. The second-order valence-electron chi connectivity index (χ2n) is 4.60. The quantitative estimate of drug-likeness (QED) is 0.901. The molecule has 2 rings (SSSR count). The van der Waals surface area contributed by atoms with Gasteiger partial charge in [0.25, 0.3) is 0 Å². The molecule has 100 valence electrons. The van der Waals surface area contributed by atoms with Gasteiger partial charge in [-0.25, -0.2) is 8.78 Å². The van der Waals surface area contributed by atoms with Gasteiger partial charge in [0.2, 0.25) is 0 Å². The van der Waals surface area contributed by atoms with Crippen LogP contribution in [-0.4, -0.2) is 19.3 Å². The van der Waals surface area contributed by atoms with Gasteiger partial charge in [-0.1, -0.05) is 11.6 Å². The fourth-order valence-corrected chi connectivity index (χ4v) is 2.58. The third-order valence-corrected chi connectivity index (χ3v) is 3.66. The van der Waals surface area contributed by atoms with Crippen LogP contribution in [0.25, 0.3) is 0 Å². The van der Waals surface area contributed by atoms with E-state index in [1.807, 2.05) is 0 Å². The van der Waals surface area contributed by atoms with Crippen LogP contribution in [0.5, 0.6) is 0 Å². The average Bonchev–Trinajstić information content (AvgIpc) is 2.34. The molecular formula is C13H16ClF2NO. The molecule has 0 aliphatic heterocycles. The van der Waals surface area contributed by atoms with Gasteiger partial charge in [-0.3, -0.25) is 0 Å². The van der Waals surface area contributed by atoms with Crippen molar-refractivity contribution in [1.29, 1.82) is 0 Å². The molecule has 0 aromatic heterocycles. The highest BCUT2D eigenvalue weighted by Crippen LogP contribution is 2.30. The minimum absolute atomic E-state index is 0.0846. The molecule has 1 fully saturated rings. The van der Waals surface area contributed by atoms with Crippen LogP contribution < -0.4 is 5.32 Å². The number of methoxy groups -OCH3 is 1. The Kier molecular flexibility index (Phi) is 4.40. The van der Waals surface area contributed by atoms with Crippen LogP contribution in [0.3, 0.4) is 0 Å². The standard InChI is InChI=1S/C13H16ClF2NO/c1-18-10-4-2-9(3-5-10)17-13-11(14)6-8(15)7-12(13)16/h6-7,9-10,17H,2-5H2,1H3. The fourth-order valence-electron chi connectivity index (χ4n) is 2.33. The maximum absolute atomic E-state index is 13.6. The Balaban J connectivity index is 2.02. The Hall–Kier alpha value is -0.870. The number of hydrogen-bond donors (Lipinski definition) is 1. The molecule has 0 amide bonds. The van der Waals surface area contributed by atoms with Crippen LogP contribution in [0.15, 0.2) is 12.1 Å². The lowest BCUT2D eigenvalue weighted by Crippen LogP contribution is -2.29. The van der Waals surface area contributed by atoms with Crippen molar-refractivity contribution in [3.8, 4) is 0 Å². The van der Waals surface area contributed by atoms with Crippen molar-refractivity contribution in [2.45, 2.75) is 37.8 Å². The van der Waals surface area contributed by atoms with Crippen LogP contribution >= 0.6 is 11.6 Å². The zero-order valence-corrected chi connectivity index (χ0v) is 10.9. The Morgan fingerprint density at radius 1 is 1.22 bits per heavy atom. The summed E-state index contributed by atoms with van der Waals surface area (Å²) in [5.41, 5.74) is 0.193. The van der Waals surface area contributed by atoms with Gasteiger partial charge in [0.05, 0.1) is 16.8 Å². The average molecular weight is 276 g/mol. The largest absolute Gasteiger partial charge is 0.381 e. The lowest BCUT2D eigenvalue weighted by Gasteiger charge is -2.29. The van der Waals surface area contributed by atoms with Crippen LogP contribution in [0, 0.1) is 11.6 Å². The summed E-state index contributed by atoms with van der Waals surface area (Å²) in [6.45, 7) is 0. The van der Waals surface area contributed by atoms with Crippen molar-refractivity contribution in [2.24, 2.45) is 0 Å². The third kappa shape index (κ3) is 3.12. The molecule has 0 saturated heterocycles. The van der Waals surface area contributed by atoms with Crippen molar-refractivity contribution in [1.82, 2.24) is 0 Å². The zero-order chi connectivity index (χ0) is 13.1. The van der Waals surface area contributed by atoms with E-state index < -0.39 is 11.6 Å². The van der Waals surface area contributed by atoms with Crippen LogP contribution in [0.4, 0.5) is 14.5 Å². The minimum atomic E-state index is -0.661. The van der Waals surface area contributed by atoms with Crippen molar-refractivity contribution < 1.29 is 13.5 Å². The second kappa shape index (κ2) is 5.85. The Labute approximate surface area is 110 Å². The van der Waals surface area contributed by atoms with Crippen molar-refractivity contribution >= 4 is 17.3 Å². The molecule has 2 nitrogen and oxygen atoms in total. The topological polar surface area (TPSA) is 21.3 Å². The molecule has 5 heteroatoms. The number of hydrogen-bond acceptors (Lipinski definition) is 2. The number of anilines is 1. The van der Waals surface area contributed by atoms with Gasteiger partial charge in [0.1, 0.15) is 5.82 Å². The maximum Gasteiger partial charge on any atom is 0.150 e. The van der Waals surface area contributed by atoms with E-state index in [2.05, 4.69) is 5.32 Å². The Morgan fingerprint density at radius 3 is 2.44 bits per heavy atom. The molecular weight excluding hydrogens is 260 g/mol. The molecule has 1 aromatic rings. The predicted molar refractivity (Wildman–Crippen MR) is 68.0 cm³/mol. The molecule has 1 N–H and O–H groups in total. The summed E-state index contributed by atoms with van der Waals surface area (Å²) in [4.78, 5) is 0. The molecule has 18 heavy (non-hydrogen) atoms. The summed E-state index contributed by atoms with van der Waals surface area (Å²) in [7, 11) is 1.70. The van der Waals surface area contributed by atoms with Crippen LogP contribution in [0.1, 0.15) is 25.7 Å². The summed E-state index contributed by atoms with van der Waals surface area (Å²) in [6, 6.07) is 2.12. The van der Waals surface area contributed by atoms with E-state index in [0.29, 0.717) is 0 Å². The predicted octanol–water partition coefficient (Wildman–Crippen LogP) is 3.99. The highest BCUT2D eigenvalue weighted by Gasteiger charge is 2.22. The molecule has 1 saturated carbocycles. The number of halogens is 3. The summed E-state index contributed by atoms with van der Waals surface area (Å²) in [6.07, 6.45) is 3.96. The first-order valence-corrected chi connectivity index (χ1v) is 6.42. The van der Waals surface area contributed by atoms with Crippen molar-refractivity contribution in [2.75, 3.05) is 12.4 Å². The molecule has 0 bridgehead atoms. The molecule has 0 unspecified atom stereocenters. The number of ether oxygens (including phenoxy) is 1. The first-order chi connectivity index (χ1) is 8.60. The second-order valence-corrected chi connectivity index (χ2v) is 5.01. The molecule has 1 aromatic carbocycles. The molecule has 1 aliphatic carbocycles. The molecule has 0 atom stereocenters. The van der Waals surface area contributed by atoms with E-state index in [0.717, 1.165) is 37.8 Å². The lowest BCUT2D eigenvalue weighted by atomic mass is 9.93. The summed E-state index contributed by atoms with van der Waals surface area (Å²) in [5, 5.41) is 3.14. The van der Waals surface area contributed by atoms with E-state index in [1.54, 1.807) is 7.11 Å². The lowest BCUT2D eigenvalue weighted by molar-refractivity contribution is 0.0681. The van der Waals surface area contributed by atoms with E-state index in [9.17, 15) is 8.78 Å². The van der Waals surface area contributed by atoms with E-state index >= 15 is 0 Å².